The van der Waals surface area contributed by atoms with Crippen LogP contribution in [0.2, 0.25) is 0 Å². The smallest absolute Gasteiger partial charge is 0.228 e. The molecule has 136 valence electrons. The van der Waals surface area contributed by atoms with Crippen molar-refractivity contribution in [3.63, 3.8) is 0 Å². The lowest BCUT2D eigenvalue weighted by molar-refractivity contribution is -0.117. The van der Waals surface area contributed by atoms with Crippen LogP contribution in [0.5, 0.6) is 0 Å². The number of hydrogen-bond acceptors (Lipinski definition) is 2. The van der Waals surface area contributed by atoms with Gasteiger partial charge in [0.15, 0.2) is 0 Å². The Kier molecular flexibility index (Phi) is 6.05. The second-order valence-electron chi connectivity index (χ2n) is 6.84. The summed E-state index contributed by atoms with van der Waals surface area (Å²) in [5, 5.41) is 2.94. The van der Waals surface area contributed by atoms with Crippen LogP contribution in [-0.4, -0.2) is 18.4 Å². The molecule has 1 heterocycles. The summed E-state index contributed by atoms with van der Waals surface area (Å²) in [5.41, 5.74) is 3.91. The van der Waals surface area contributed by atoms with Crippen LogP contribution in [0, 0.1) is 0 Å². The van der Waals surface area contributed by atoms with Crippen molar-refractivity contribution < 1.29 is 9.59 Å². The van der Waals surface area contributed by atoms with Gasteiger partial charge in [0.2, 0.25) is 11.8 Å². The molecular weight excluding hydrogens is 324 g/mol. The molecule has 0 aromatic heterocycles. The van der Waals surface area contributed by atoms with Crippen molar-refractivity contribution in [3.05, 3.63) is 59.7 Å². The zero-order chi connectivity index (χ0) is 18.4. The number of carbonyl (C=O) groups is 2. The minimum atomic E-state index is -0.0452. The Bertz CT molecular complexity index is 768. The number of nitrogens with one attached hydrogen (secondary N) is 1. The minimum Gasteiger partial charge on any atom is -0.326 e. The number of amides is 2. The third-order valence-electron chi connectivity index (χ3n) is 4.72. The summed E-state index contributed by atoms with van der Waals surface area (Å²) in [4.78, 5) is 26.0. The molecule has 1 N–H and O–H groups in total. The summed E-state index contributed by atoms with van der Waals surface area (Å²) in [6.45, 7) is 2.94. The Labute approximate surface area is 155 Å². The van der Waals surface area contributed by atoms with E-state index < -0.39 is 0 Å². The van der Waals surface area contributed by atoms with E-state index in [1.165, 1.54) is 18.4 Å². The Morgan fingerprint density at radius 3 is 2.58 bits per heavy atom. The number of carbonyl (C=O) groups excluding carboxylic acids is 2. The van der Waals surface area contributed by atoms with E-state index in [-0.39, 0.29) is 11.8 Å². The van der Waals surface area contributed by atoms with Crippen LogP contribution in [0.1, 0.15) is 43.7 Å². The van der Waals surface area contributed by atoms with Crippen LogP contribution >= 0.6 is 0 Å². The second-order valence-corrected chi connectivity index (χ2v) is 6.84. The van der Waals surface area contributed by atoms with Gasteiger partial charge in [-0.15, -0.1) is 0 Å². The average Bonchev–Trinajstić information content (AvgIpc) is 3.07. The van der Waals surface area contributed by atoms with E-state index in [0.29, 0.717) is 12.8 Å². The van der Waals surface area contributed by atoms with E-state index in [0.717, 1.165) is 36.3 Å². The lowest BCUT2D eigenvalue weighted by atomic mass is 10.0. The van der Waals surface area contributed by atoms with E-state index in [9.17, 15) is 9.59 Å². The third-order valence-corrected chi connectivity index (χ3v) is 4.72. The molecule has 0 radical (unpaired) electrons. The average molecular weight is 350 g/mol. The SMILES string of the molecule is CCCCc1ccc(CC(=O)Nc2cccc(N3CCCC3=O)c2)cc1. The summed E-state index contributed by atoms with van der Waals surface area (Å²) < 4.78 is 0. The minimum absolute atomic E-state index is 0.0452. The number of anilines is 2. The Balaban J connectivity index is 1.58. The van der Waals surface area contributed by atoms with Crippen LogP contribution in [0.15, 0.2) is 48.5 Å². The topological polar surface area (TPSA) is 49.4 Å². The fourth-order valence-electron chi connectivity index (χ4n) is 3.27. The fourth-order valence-corrected chi connectivity index (χ4v) is 3.27. The molecule has 0 bridgehead atoms. The summed E-state index contributed by atoms with van der Waals surface area (Å²) in [5.74, 6) is 0.104. The first-order valence-corrected chi connectivity index (χ1v) is 9.44. The summed E-state index contributed by atoms with van der Waals surface area (Å²) in [7, 11) is 0. The van der Waals surface area contributed by atoms with Gasteiger partial charge in [-0.25, -0.2) is 0 Å². The lowest BCUT2D eigenvalue weighted by Gasteiger charge is -2.16. The van der Waals surface area contributed by atoms with Crippen LogP contribution in [0.4, 0.5) is 11.4 Å². The molecule has 3 rings (SSSR count). The zero-order valence-electron chi connectivity index (χ0n) is 15.3. The molecule has 1 aliphatic heterocycles. The molecule has 4 nitrogen and oxygen atoms in total. The first kappa shape index (κ1) is 18.2. The quantitative estimate of drug-likeness (QED) is 0.808. The highest BCUT2D eigenvalue weighted by Gasteiger charge is 2.21. The van der Waals surface area contributed by atoms with Crippen molar-refractivity contribution in [2.24, 2.45) is 0 Å². The maximum atomic E-state index is 12.3. The van der Waals surface area contributed by atoms with Crippen molar-refractivity contribution in [2.75, 3.05) is 16.8 Å². The van der Waals surface area contributed by atoms with Gasteiger partial charge in [0.25, 0.3) is 0 Å². The fraction of sp³-hybridized carbons (Fsp3) is 0.364. The Hall–Kier alpha value is -2.62. The first-order chi connectivity index (χ1) is 12.7. The molecule has 0 saturated carbocycles. The number of benzene rings is 2. The van der Waals surface area contributed by atoms with Crippen molar-refractivity contribution in [2.45, 2.75) is 45.4 Å². The van der Waals surface area contributed by atoms with Gasteiger partial charge < -0.3 is 10.2 Å². The predicted molar refractivity (Wildman–Crippen MR) is 105 cm³/mol. The maximum absolute atomic E-state index is 12.3. The molecule has 1 fully saturated rings. The molecular formula is C22H26N2O2. The monoisotopic (exact) mass is 350 g/mol. The van der Waals surface area contributed by atoms with Crippen molar-refractivity contribution in [3.8, 4) is 0 Å². The highest BCUT2D eigenvalue weighted by molar-refractivity contribution is 5.97. The van der Waals surface area contributed by atoms with Crippen molar-refractivity contribution in [1.29, 1.82) is 0 Å². The van der Waals surface area contributed by atoms with Crippen LogP contribution in [0.3, 0.4) is 0 Å². The first-order valence-electron chi connectivity index (χ1n) is 9.44. The van der Waals surface area contributed by atoms with E-state index in [1.54, 1.807) is 4.90 Å². The Morgan fingerprint density at radius 1 is 1.12 bits per heavy atom. The highest BCUT2D eigenvalue weighted by Crippen LogP contribution is 2.24. The molecule has 1 aliphatic rings. The predicted octanol–water partition coefficient (Wildman–Crippen LogP) is 4.34. The molecule has 26 heavy (non-hydrogen) atoms. The number of rotatable bonds is 7. The number of nitrogens with zero attached hydrogens (tertiary/aromatic N) is 1. The molecule has 0 atom stereocenters. The molecule has 0 unspecified atom stereocenters. The van der Waals surface area contributed by atoms with Gasteiger partial charge in [-0.05, 0) is 48.6 Å². The van der Waals surface area contributed by atoms with E-state index in [1.807, 2.05) is 36.4 Å². The van der Waals surface area contributed by atoms with Gasteiger partial charge in [0.1, 0.15) is 0 Å². The van der Waals surface area contributed by atoms with Crippen LogP contribution in [0.25, 0.3) is 0 Å². The summed E-state index contributed by atoms with van der Waals surface area (Å²) >= 11 is 0. The highest BCUT2D eigenvalue weighted by atomic mass is 16.2. The largest absolute Gasteiger partial charge is 0.326 e. The molecule has 4 heteroatoms. The Morgan fingerprint density at radius 2 is 1.88 bits per heavy atom. The molecule has 2 aromatic rings. The maximum Gasteiger partial charge on any atom is 0.228 e. The number of aryl methyl sites for hydroxylation is 1. The molecule has 2 aromatic carbocycles. The van der Waals surface area contributed by atoms with Crippen molar-refractivity contribution >= 4 is 23.2 Å². The molecule has 2 amide bonds. The van der Waals surface area contributed by atoms with Crippen LogP contribution < -0.4 is 10.2 Å². The third kappa shape index (κ3) is 4.72. The van der Waals surface area contributed by atoms with E-state index >= 15 is 0 Å². The standard InChI is InChI=1S/C22H26N2O2/c1-2-3-6-17-10-12-18(13-11-17)15-21(25)23-19-7-4-8-20(16-19)24-14-5-9-22(24)26/h4,7-8,10-13,16H,2-3,5-6,9,14-15H2,1H3,(H,23,25). The van der Waals surface area contributed by atoms with Gasteiger partial charge in [-0.3, -0.25) is 9.59 Å². The van der Waals surface area contributed by atoms with Gasteiger partial charge in [0.05, 0.1) is 6.42 Å². The van der Waals surface area contributed by atoms with Gasteiger partial charge in [0, 0.05) is 24.3 Å². The zero-order valence-corrected chi connectivity index (χ0v) is 15.3. The van der Waals surface area contributed by atoms with Gasteiger partial charge >= 0.3 is 0 Å². The molecule has 1 saturated heterocycles. The van der Waals surface area contributed by atoms with Crippen LogP contribution in [-0.2, 0) is 22.4 Å². The lowest BCUT2D eigenvalue weighted by Crippen LogP contribution is -2.23. The van der Waals surface area contributed by atoms with Gasteiger partial charge in [-0.2, -0.15) is 0 Å². The molecule has 0 spiro atoms. The number of unbranched alkanes of at least 4 members (excludes halogenated alkanes) is 1. The molecule has 0 aliphatic carbocycles. The van der Waals surface area contributed by atoms with Crippen molar-refractivity contribution in [1.82, 2.24) is 0 Å². The normalized spacial score (nSPS) is 13.9. The second kappa shape index (κ2) is 8.65. The van der Waals surface area contributed by atoms with E-state index in [2.05, 4.69) is 24.4 Å². The summed E-state index contributed by atoms with van der Waals surface area (Å²) in [6, 6.07) is 15.8. The van der Waals surface area contributed by atoms with Gasteiger partial charge in [-0.1, -0.05) is 43.7 Å². The summed E-state index contributed by atoms with van der Waals surface area (Å²) in [6.07, 6.45) is 5.31. The number of hydrogen-bond donors (Lipinski definition) is 1. The van der Waals surface area contributed by atoms with E-state index in [4.69, 9.17) is 0 Å².